The number of nitrogens with zero attached hydrogens (tertiary/aromatic N) is 2. The van der Waals surface area contributed by atoms with E-state index in [-0.39, 0.29) is 31.9 Å². The van der Waals surface area contributed by atoms with Gasteiger partial charge in [0.2, 0.25) is 0 Å². The summed E-state index contributed by atoms with van der Waals surface area (Å²) in [5, 5.41) is 7.15. The van der Waals surface area contributed by atoms with Crippen LogP contribution in [0.25, 0.3) is 21.6 Å². The van der Waals surface area contributed by atoms with Crippen LogP contribution in [0.2, 0.25) is 0 Å². The summed E-state index contributed by atoms with van der Waals surface area (Å²) in [6.07, 6.45) is 6.11. The average molecular weight is 416 g/mol. The number of carbonyl (C=O) groups is 1. The first-order chi connectivity index (χ1) is 12.6. The molecule has 0 radical (unpaired) electrons. The van der Waals surface area contributed by atoms with Crippen molar-refractivity contribution in [1.29, 1.82) is 0 Å². The zero-order valence-electron chi connectivity index (χ0n) is 14.0. The third-order valence-corrected chi connectivity index (χ3v) is 6.41. The third kappa shape index (κ3) is 3.23. The van der Waals surface area contributed by atoms with Gasteiger partial charge in [0.25, 0.3) is 0 Å². The van der Waals surface area contributed by atoms with Crippen molar-refractivity contribution in [3.8, 4) is 21.6 Å². The fraction of sp³-hybridized carbons (Fsp3) is 0.158. The van der Waals surface area contributed by atoms with E-state index in [1.165, 1.54) is 0 Å². The molecule has 0 unspecified atom stereocenters. The molecule has 0 spiro atoms. The molecule has 4 rings (SSSR count). The van der Waals surface area contributed by atoms with E-state index in [2.05, 4.69) is 10.4 Å². The van der Waals surface area contributed by atoms with Crippen molar-refractivity contribution < 1.29 is 13.6 Å². The van der Waals surface area contributed by atoms with Crippen molar-refractivity contribution in [2.75, 3.05) is 0 Å². The van der Waals surface area contributed by atoms with Gasteiger partial charge in [0.1, 0.15) is 0 Å². The Labute approximate surface area is 155 Å². The van der Waals surface area contributed by atoms with E-state index in [1.807, 2.05) is 37.4 Å². The van der Waals surface area contributed by atoms with Gasteiger partial charge in [0, 0.05) is 0 Å². The summed E-state index contributed by atoms with van der Waals surface area (Å²) in [5.41, 5.74) is 1.96. The second-order valence-electron chi connectivity index (χ2n) is 5.89. The second kappa shape index (κ2) is 6.94. The molecule has 0 fully saturated rings. The molecular formula is C19H16FN3O2Se. The molecule has 0 atom stereocenters. The third-order valence-electron chi connectivity index (χ3n) is 4.09. The minimum absolute atomic E-state index is 0.173. The maximum atomic E-state index is 13.8. The molecule has 3 aromatic rings. The van der Waals surface area contributed by atoms with Crippen molar-refractivity contribution in [3.63, 3.8) is 0 Å². The van der Waals surface area contributed by atoms with Crippen LogP contribution in [0.3, 0.4) is 0 Å². The van der Waals surface area contributed by atoms with Crippen molar-refractivity contribution in [1.82, 2.24) is 15.1 Å². The Morgan fingerprint density at radius 1 is 1.38 bits per heavy atom. The number of furan rings is 1. The van der Waals surface area contributed by atoms with Gasteiger partial charge in [-0.05, 0) is 0 Å². The second-order valence-corrected chi connectivity index (χ2v) is 8.17. The fourth-order valence-corrected chi connectivity index (χ4v) is 4.76. The Kier molecular flexibility index (Phi) is 4.49. The summed E-state index contributed by atoms with van der Waals surface area (Å²) >= 11 is -0.173. The number of nitrogens with one attached hydrogen (secondary N) is 1. The van der Waals surface area contributed by atoms with Crippen LogP contribution in [-0.4, -0.2) is 30.2 Å². The van der Waals surface area contributed by atoms with Gasteiger partial charge in [-0.15, -0.1) is 0 Å². The minimum atomic E-state index is -0.269. The Morgan fingerprint density at radius 2 is 2.27 bits per heavy atom. The van der Waals surface area contributed by atoms with Gasteiger partial charge < -0.3 is 0 Å². The molecule has 3 aromatic heterocycles. The summed E-state index contributed by atoms with van der Waals surface area (Å²) in [6.45, 7) is 0. The number of carbonyl (C=O) groups excluding carboxylic acids is 1. The van der Waals surface area contributed by atoms with Crippen LogP contribution in [0.4, 0.5) is 4.39 Å². The number of allylic oxidation sites excluding steroid dienone is 3. The van der Waals surface area contributed by atoms with E-state index < -0.39 is 0 Å². The SMILES string of the molecule is Cn1nc(-c2ccco2)cc1-c1ccc(C(=O)NC2=C(F)CCC=C2)[se]1. The van der Waals surface area contributed by atoms with Crippen LogP contribution >= 0.6 is 0 Å². The predicted molar refractivity (Wildman–Crippen MR) is 97.3 cm³/mol. The Hall–Kier alpha value is -2.63. The monoisotopic (exact) mass is 417 g/mol. The maximum absolute atomic E-state index is 13.8. The van der Waals surface area contributed by atoms with Crippen molar-refractivity contribution in [3.05, 3.63) is 64.7 Å². The zero-order valence-corrected chi connectivity index (χ0v) is 15.7. The summed E-state index contributed by atoms with van der Waals surface area (Å²) in [6, 6.07) is 9.36. The molecule has 0 aromatic carbocycles. The number of hydrogen-bond acceptors (Lipinski definition) is 3. The zero-order chi connectivity index (χ0) is 18.1. The molecule has 1 amide bonds. The van der Waals surface area contributed by atoms with Crippen LogP contribution in [-0.2, 0) is 7.05 Å². The van der Waals surface area contributed by atoms with E-state index in [0.29, 0.717) is 23.0 Å². The molecule has 26 heavy (non-hydrogen) atoms. The molecule has 0 saturated heterocycles. The van der Waals surface area contributed by atoms with Crippen molar-refractivity contribution in [2.45, 2.75) is 12.8 Å². The Morgan fingerprint density at radius 3 is 3.04 bits per heavy atom. The van der Waals surface area contributed by atoms with E-state index in [4.69, 9.17) is 4.42 Å². The van der Waals surface area contributed by atoms with Gasteiger partial charge in [-0.25, -0.2) is 0 Å². The summed E-state index contributed by atoms with van der Waals surface area (Å²) in [4.78, 5) is 12.4. The topological polar surface area (TPSA) is 60.1 Å². The average Bonchev–Trinajstić information content (AvgIpc) is 3.36. The molecule has 7 heteroatoms. The van der Waals surface area contributed by atoms with E-state index in [0.717, 1.165) is 15.8 Å². The fourth-order valence-electron chi connectivity index (χ4n) is 2.77. The summed E-state index contributed by atoms with van der Waals surface area (Å²) in [7, 11) is 1.86. The van der Waals surface area contributed by atoms with Crippen LogP contribution in [0.5, 0.6) is 0 Å². The van der Waals surface area contributed by atoms with Gasteiger partial charge in [0.05, 0.1) is 0 Å². The summed E-state index contributed by atoms with van der Waals surface area (Å²) < 4.78 is 22.7. The number of aromatic nitrogens is 2. The number of rotatable bonds is 4. The Balaban J connectivity index is 1.57. The van der Waals surface area contributed by atoms with E-state index >= 15 is 0 Å². The molecule has 1 N–H and O–H groups in total. The molecule has 1 aliphatic carbocycles. The molecule has 0 saturated carbocycles. The number of aryl methyl sites for hydroxylation is 1. The Bertz CT molecular complexity index is 1010. The van der Waals surface area contributed by atoms with E-state index in [1.54, 1.807) is 23.1 Å². The predicted octanol–water partition coefficient (Wildman–Crippen LogP) is 3.67. The molecule has 3 heterocycles. The van der Waals surface area contributed by atoms with Gasteiger partial charge >= 0.3 is 155 Å². The van der Waals surface area contributed by atoms with Crippen LogP contribution in [0, 0.1) is 0 Å². The van der Waals surface area contributed by atoms with Crippen LogP contribution in [0.15, 0.2) is 64.7 Å². The molecule has 0 bridgehead atoms. The first kappa shape index (κ1) is 16.8. The summed E-state index contributed by atoms with van der Waals surface area (Å²) in [5.74, 6) is 0.187. The van der Waals surface area contributed by atoms with Crippen molar-refractivity contribution in [2.24, 2.45) is 7.05 Å². The van der Waals surface area contributed by atoms with Crippen molar-refractivity contribution >= 4 is 20.4 Å². The van der Waals surface area contributed by atoms with Crippen LogP contribution < -0.4 is 5.32 Å². The molecule has 0 aliphatic heterocycles. The van der Waals surface area contributed by atoms with Gasteiger partial charge in [0.15, 0.2) is 0 Å². The molecule has 132 valence electrons. The first-order valence-corrected chi connectivity index (χ1v) is 9.88. The van der Waals surface area contributed by atoms with Gasteiger partial charge in [-0.3, -0.25) is 0 Å². The van der Waals surface area contributed by atoms with E-state index in [9.17, 15) is 9.18 Å². The number of amides is 1. The number of halogens is 1. The van der Waals surface area contributed by atoms with Gasteiger partial charge in [-0.1, -0.05) is 0 Å². The van der Waals surface area contributed by atoms with Crippen LogP contribution in [0.1, 0.15) is 22.1 Å². The quantitative estimate of drug-likeness (QED) is 0.661. The van der Waals surface area contributed by atoms with Gasteiger partial charge in [-0.2, -0.15) is 0 Å². The number of hydrogen-bond donors (Lipinski definition) is 1. The molecular weight excluding hydrogens is 400 g/mol. The molecule has 5 nitrogen and oxygen atoms in total. The standard InChI is InChI=1S/C19H16FN3O2Se/c1-23-15(11-14(22-23)16-7-4-10-25-16)17-8-9-18(26-17)19(24)21-13-6-3-2-5-12(13)20/h3-4,6-11H,2,5H2,1H3,(H,21,24). The first-order valence-electron chi connectivity index (χ1n) is 8.16. The normalized spacial score (nSPS) is 14.1. The molecule has 1 aliphatic rings.